The van der Waals surface area contributed by atoms with Crippen LogP contribution in [0.1, 0.15) is 18.1 Å². The predicted molar refractivity (Wildman–Crippen MR) is 107 cm³/mol. The van der Waals surface area contributed by atoms with E-state index in [4.69, 9.17) is 5.73 Å². The van der Waals surface area contributed by atoms with Gasteiger partial charge in [0.05, 0.1) is 6.42 Å². The minimum atomic E-state index is -0.191. The quantitative estimate of drug-likeness (QED) is 0.482. The van der Waals surface area contributed by atoms with Crippen LogP contribution in [-0.2, 0) is 17.6 Å². The number of benzene rings is 2. The molecule has 0 radical (unpaired) electrons. The first-order valence-electron chi connectivity index (χ1n) is 8.71. The summed E-state index contributed by atoms with van der Waals surface area (Å²) in [6.07, 6.45) is 2.62. The highest BCUT2D eigenvalue weighted by atomic mass is 16.2. The van der Waals surface area contributed by atoms with Crippen molar-refractivity contribution < 1.29 is 4.79 Å². The minimum Gasteiger partial charge on any atom is -0.393 e. The first kappa shape index (κ1) is 18.2. The third-order valence-electron chi connectivity index (χ3n) is 4.04. The molecule has 0 bridgehead atoms. The van der Waals surface area contributed by atoms with Crippen LogP contribution in [0.15, 0.2) is 60.9 Å². The Labute approximate surface area is 158 Å². The van der Waals surface area contributed by atoms with E-state index in [1.807, 2.05) is 54.6 Å². The summed E-state index contributed by atoms with van der Waals surface area (Å²) in [6, 6.07) is 17.5. The lowest BCUT2D eigenvalue weighted by molar-refractivity contribution is -0.119. The number of nitrogen functional groups attached to an aromatic ring is 1. The maximum absolute atomic E-state index is 12.1. The normalized spacial score (nSPS) is 10.3. The van der Waals surface area contributed by atoms with Gasteiger partial charge in [0.2, 0.25) is 5.91 Å². The Morgan fingerprint density at radius 2 is 1.67 bits per heavy atom. The second-order valence-electron chi connectivity index (χ2n) is 6.00. The second kappa shape index (κ2) is 8.66. The molecule has 0 atom stereocenters. The lowest BCUT2D eigenvalue weighted by Gasteiger charge is -2.13. The number of hydrazine groups is 1. The Hall–Kier alpha value is -3.61. The molecular formula is C20H22N6O. The van der Waals surface area contributed by atoms with Gasteiger partial charge in [-0.05, 0) is 29.7 Å². The molecule has 3 aromatic rings. The highest BCUT2D eigenvalue weighted by Crippen LogP contribution is 2.25. The number of aryl methyl sites for hydroxylation is 1. The highest BCUT2D eigenvalue weighted by molar-refractivity contribution is 5.82. The molecule has 1 amide bonds. The van der Waals surface area contributed by atoms with E-state index in [1.54, 1.807) is 0 Å². The summed E-state index contributed by atoms with van der Waals surface area (Å²) in [6.45, 7) is 2.11. The minimum absolute atomic E-state index is 0.191. The van der Waals surface area contributed by atoms with Crippen LogP contribution in [-0.4, -0.2) is 15.9 Å². The number of anilines is 4. The fourth-order valence-electron chi connectivity index (χ4n) is 2.51. The van der Waals surface area contributed by atoms with E-state index in [-0.39, 0.29) is 12.3 Å². The van der Waals surface area contributed by atoms with E-state index in [2.05, 4.69) is 33.1 Å². The lowest BCUT2D eigenvalue weighted by Crippen LogP contribution is -2.31. The number of hydrogen-bond acceptors (Lipinski definition) is 6. The molecule has 5 N–H and O–H groups in total. The van der Waals surface area contributed by atoms with Crippen molar-refractivity contribution in [3.8, 4) is 0 Å². The van der Waals surface area contributed by atoms with E-state index in [9.17, 15) is 4.79 Å². The zero-order chi connectivity index (χ0) is 19.1. The Morgan fingerprint density at radius 1 is 0.963 bits per heavy atom. The van der Waals surface area contributed by atoms with Crippen molar-refractivity contribution >= 4 is 28.9 Å². The van der Waals surface area contributed by atoms with E-state index in [1.165, 1.54) is 11.9 Å². The fourth-order valence-corrected chi connectivity index (χ4v) is 2.51. The van der Waals surface area contributed by atoms with Gasteiger partial charge < -0.3 is 11.1 Å². The first-order valence-corrected chi connectivity index (χ1v) is 8.71. The molecule has 0 fully saturated rings. The highest BCUT2D eigenvalue weighted by Gasteiger charge is 2.10. The SMILES string of the molecule is CCc1ccc(Nc2ncnc(NNC(=O)Cc3ccccc3)c2N)cc1. The average molecular weight is 362 g/mol. The molecule has 0 unspecified atom stereocenters. The third-order valence-corrected chi connectivity index (χ3v) is 4.04. The van der Waals surface area contributed by atoms with Crippen molar-refractivity contribution in [2.45, 2.75) is 19.8 Å². The molecule has 7 nitrogen and oxygen atoms in total. The fraction of sp³-hybridized carbons (Fsp3) is 0.150. The van der Waals surface area contributed by atoms with E-state index < -0.39 is 0 Å². The van der Waals surface area contributed by atoms with Crippen molar-refractivity contribution in [1.82, 2.24) is 15.4 Å². The van der Waals surface area contributed by atoms with Crippen molar-refractivity contribution in [1.29, 1.82) is 0 Å². The molecule has 27 heavy (non-hydrogen) atoms. The van der Waals surface area contributed by atoms with Crippen LogP contribution in [0.2, 0.25) is 0 Å². The smallest absolute Gasteiger partial charge is 0.242 e. The molecule has 3 rings (SSSR count). The van der Waals surface area contributed by atoms with Crippen LogP contribution in [0, 0.1) is 0 Å². The van der Waals surface area contributed by atoms with Crippen LogP contribution < -0.4 is 21.9 Å². The Balaban J connectivity index is 1.62. The standard InChI is InChI=1S/C20H22N6O/c1-2-14-8-10-16(11-9-14)24-19-18(21)20(23-13-22-19)26-25-17(27)12-15-6-4-3-5-7-15/h3-11,13H,2,12,21H2,1H3,(H,25,27)(H2,22,23,24,26). The number of aromatic nitrogens is 2. The van der Waals surface area contributed by atoms with Gasteiger partial charge in [-0.15, -0.1) is 0 Å². The summed E-state index contributed by atoms with van der Waals surface area (Å²) < 4.78 is 0. The van der Waals surface area contributed by atoms with Crippen molar-refractivity contribution in [3.63, 3.8) is 0 Å². The summed E-state index contributed by atoms with van der Waals surface area (Å²) in [7, 11) is 0. The van der Waals surface area contributed by atoms with Crippen molar-refractivity contribution in [3.05, 3.63) is 72.1 Å². The molecular weight excluding hydrogens is 340 g/mol. The molecule has 0 saturated carbocycles. The van der Waals surface area contributed by atoms with Gasteiger partial charge in [0.25, 0.3) is 0 Å². The molecule has 0 saturated heterocycles. The maximum atomic E-state index is 12.1. The Morgan fingerprint density at radius 3 is 2.37 bits per heavy atom. The molecule has 0 aliphatic rings. The van der Waals surface area contributed by atoms with Crippen LogP contribution >= 0.6 is 0 Å². The summed E-state index contributed by atoms with van der Waals surface area (Å²) in [4.78, 5) is 20.3. The van der Waals surface area contributed by atoms with Crippen LogP contribution in [0.4, 0.5) is 23.0 Å². The van der Waals surface area contributed by atoms with E-state index in [0.717, 1.165) is 17.7 Å². The van der Waals surface area contributed by atoms with E-state index >= 15 is 0 Å². The lowest BCUT2D eigenvalue weighted by atomic mass is 10.1. The monoisotopic (exact) mass is 362 g/mol. The van der Waals surface area contributed by atoms with Gasteiger partial charge in [-0.25, -0.2) is 9.97 Å². The second-order valence-corrected chi connectivity index (χ2v) is 6.00. The van der Waals surface area contributed by atoms with Gasteiger partial charge in [-0.2, -0.15) is 0 Å². The molecule has 138 valence electrons. The van der Waals surface area contributed by atoms with Crippen LogP contribution in [0.5, 0.6) is 0 Å². The summed E-state index contributed by atoms with van der Waals surface area (Å²) >= 11 is 0. The summed E-state index contributed by atoms with van der Waals surface area (Å²) in [5, 5.41) is 3.16. The molecule has 0 aliphatic heterocycles. The van der Waals surface area contributed by atoms with Gasteiger partial charge >= 0.3 is 0 Å². The number of nitrogens with one attached hydrogen (secondary N) is 3. The number of nitrogens with zero attached hydrogens (tertiary/aromatic N) is 2. The van der Waals surface area contributed by atoms with Gasteiger partial charge in [0.1, 0.15) is 12.0 Å². The zero-order valence-electron chi connectivity index (χ0n) is 15.1. The van der Waals surface area contributed by atoms with Gasteiger partial charge in [-0.1, -0.05) is 49.4 Å². The Bertz CT molecular complexity index is 896. The number of amides is 1. The molecule has 0 aliphatic carbocycles. The molecule has 1 aromatic heterocycles. The number of carbonyl (C=O) groups excluding carboxylic acids is 1. The van der Waals surface area contributed by atoms with Gasteiger partial charge in [-0.3, -0.25) is 15.6 Å². The van der Waals surface area contributed by atoms with Crippen molar-refractivity contribution in [2.24, 2.45) is 0 Å². The summed E-state index contributed by atoms with van der Waals surface area (Å²) in [5.41, 5.74) is 14.9. The predicted octanol–water partition coefficient (Wildman–Crippen LogP) is 3.05. The van der Waals surface area contributed by atoms with Crippen LogP contribution in [0.3, 0.4) is 0 Å². The van der Waals surface area contributed by atoms with Gasteiger partial charge in [0.15, 0.2) is 11.6 Å². The molecule has 1 heterocycles. The Kier molecular flexibility index (Phi) is 5.84. The average Bonchev–Trinajstić information content (AvgIpc) is 2.70. The molecule has 2 aromatic carbocycles. The number of nitrogens with two attached hydrogens (primary N) is 1. The van der Waals surface area contributed by atoms with E-state index in [0.29, 0.717) is 17.3 Å². The molecule has 7 heteroatoms. The topological polar surface area (TPSA) is 105 Å². The molecule has 0 spiro atoms. The summed E-state index contributed by atoms with van der Waals surface area (Å²) in [5.74, 6) is 0.608. The maximum Gasteiger partial charge on any atom is 0.242 e. The van der Waals surface area contributed by atoms with Crippen LogP contribution in [0.25, 0.3) is 0 Å². The number of hydrogen-bond donors (Lipinski definition) is 4. The number of carbonyl (C=O) groups is 1. The largest absolute Gasteiger partial charge is 0.393 e. The number of rotatable bonds is 7. The third kappa shape index (κ3) is 4.94. The van der Waals surface area contributed by atoms with Crippen molar-refractivity contribution in [2.75, 3.05) is 16.5 Å². The zero-order valence-corrected chi connectivity index (χ0v) is 15.1. The first-order chi connectivity index (χ1) is 13.2. The van der Waals surface area contributed by atoms with Gasteiger partial charge in [0, 0.05) is 5.69 Å².